The first-order valence-electron chi connectivity index (χ1n) is 12.5. The van der Waals surface area contributed by atoms with Gasteiger partial charge < -0.3 is 19.9 Å². The molecule has 2 aromatic rings. The normalized spacial score (nSPS) is 21.7. The molecule has 3 aliphatic rings. The lowest BCUT2D eigenvalue weighted by atomic mass is 9.96. The second kappa shape index (κ2) is 10.2. The first-order chi connectivity index (χ1) is 16.9. The number of amides is 1. The molecule has 0 saturated carbocycles. The van der Waals surface area contributed by atoms with Crippen molar-refractivity contribution in [3.63, 3.8) is 0 Å². The molecule has 5 rings (SSSR count). The number of rotatable bonds is 5. The van der Waals surface area contributed by atoms with E-state index in [2.05, 4.69) is 22.2 Å². The van der Waals surface area contributed by atoms with Gasteiger partial charge in [-0.3, -0.25) is 4.79 Å². The van der Waals surface area contributed by atoms with Crippen molar-refractivity contribution in [2.45, 2.75) is 30.6 Å². The van der Waals surface area contributed by atoms with E-state index in [1.165, 1.54) is 0 Å². The second-order valence-electron chi connectivity index (χ2n) is 9.74. The minimum Gasteiger partial charge on any atom is -0.492 e. The Bertz CT molecular complexity index is 1170. The lowest BCUT2D eigenvalue weighted by Crippen LogP contribution is -2.45. The van der Waals surface area contributed by atoms with E-state index in [1.807, 2.05) is 30.3 Å². The number of ether oxygens (including phenoxy) is 1. The van der Waals surface area contributed by atoms with E-state index in [-0.39, 0.29) is 16.7 Å². The van der Waals surface area contributed by atoms with Gasteiger partial charge in [-0.25, -0.2) is 8.42 Å². The Kier molecular flexibility index (Phi) is 7.00. The van der Waals surface area contributed by atoms with E-state index < -0.39 is 10.0 Å². The van der Waals surface area contributed by atoms with Crippen molar-refractivity contribution in [2.75, 3.05) is 63.1 Å². The number of anilines is 2. The van der Waals surface area contributed by atoms with Crippen LogP contribution in [0.4, 0.5) is 11.4 Å². The van der Waals surface area contributed by atoms with Gasteiger partial charge in [-0.2, -0.15) is 4.31 Å². The van der Waals surface area contributed by atoms with Gasteiger partial charge in [-0.15, -0.1) is 0 Å². The van der Waals surface area contributed by atoms with Crippen molar-refractivity contribution >= 4 is 27.3 Å². The van der Waals surface area contributed by atoms with Crippen molar-refractivity contribution < 1.29 is 17.9 Å². The van der Waals surface area contributed by atoms with E-state index in [9.17, 15) is 13.2 Å². The molecule has 2 saturated heterocycles. The summed E-state index contributed by atoms with van der Waals surface area (Å²) in [5.74, 6) is 0.333. The van der Waals surface area contributed by atoms with Crippen LogP contribution >= 0.6 is 0 Å². The van der Waals surface area contributed by atoms with Crippen LogP contribution in [0.25, 0.3) is 0 Å². The van der Waals surface area contributed by atoms with Crippen LogP contribution in [-0.4, -0.2) is 76.5 Å². The van der Waals surface area contributed by atoms with Crippen molar-refractivity contribution in [1.29, 1.82) is 0 Å². The number of para-hydroxylation sites is 1. The summed E-state index contributed by atoms with van der Waals surface area (Å²) in [6, 6.07) is 13.0. The van der Waals surface area contributed by atoms with E-state index in [1.54, 1.807) is 16.4 Å². The number of carbonyl (C=O) groups is 1. The van der Waals surface area contributed by atoms with Crippen LogP contribution in [0.15, 0.2) is 47.4 Å². The number of hydrogen-bond acceptors (Lipinski definition) is 6. The minimum absolute atomic E-state index is 0.151. The highest BCUT2D eigenvalue weighted by Crippen LogP contribution is 2.33. The number of likely N-dealkylation sites (N-methyl/N-ethyl adjacent to an activating group) is 1. The van der Waals surface area contributed by atoms with Gasteiger partial charge in [0.05, 0.1) is 22.2 Å². The van der Waals surface area contributed by atoms with Crippen LogP contribution in [0, 0.1) is 5.92 Å². The minimum atomic E-state index is -3.61. The monoisotopic (exact) mass is 498 g/mol. The standard InChI is InChI=1S/C26H34N4O4S/c1-28-13-15-29(16-14-28)24-10-9-22(35(32,33)30-11-5-2-6-12-30)18-23(24)27-26(31)21-17-20-7-3-4-8-25(20)34-19-21/h3-4,7-10,18,21H,2,5-6,11-17,19H2,1H3,(H,27,31)/t21-/m0/s1. The first kappa shape index (κ1) is 24.1. The highest BCUT2D eigenvalue weighted by molar-refractivity contribution is 7.89. The molecule has 0 spiro atoms. The SMILES string of the molecule is CN1CCN(c2ccc(S(=O)(=O)N3CCCCC3)cc2NC(=O)[C@@H]2COc3ccccc3C2)CC1. The van der Waals surface area contributed by atoms with Crippen molar-refractivity contribution in [3.05, 3.63) is 48.0 Å². The molecular weight excluding hydrogens is 464 g/mol. The average molecular weight is 499 g/mol. The number of piperazine rings is 1. The Morgan fingerprint density at radius 1 is 0.971 bits per heavy atom. The van der Waals surface area contributed by atoms with E-state index in [0.717, 1.165) is 62.4 Å². The van der Waals surface area contributed by atoms with Gasteiger partial charge >= 0.3 is 0 Å². The number of fused-ring (bicyclic) bond motifs is 1. The molecule has 188 valence electrons. The Hall–Kier alpha value is -2.62. The van der Waals surface area contributed by atoms with Gasteiger partial charge in [0, 0.05) is 39.3 Å². The molecule has 1 N–H and O–H groups in total. The second-order valence-corrected chi connectivity index (χ2v) is 11.7. The van der Waals surface area contributed by atoms with E-state index in [4.69, 9.17) is 4.74 Å². The fraction of sp³-hybridized carbons (Fsp3) is 0.500. The van der Waals surface area contributed by atoms with Crippen LogP contribution < -0.4 is 15.0 Å². The number of carbonyl (C=O) groups excluding carboxylic acids is 1. The molecule has 3 heterocycles. The lowest BCUT2D eigenvalue weighted by molar-refractivity contribution is -0.121. The summed E-state index contributed by atoms with van der Waals surface area (Å²) in [5, 5.41) is 3.08. The quantitative estimate of drug-likeness (QED) is 0.683. The maximum atomic E-state index is 13.4. The van der Waals surface area contributed by atoms with E-state index in [0.29, 0.717) is 31.8 Å². The van der Waals surface area contributed by atoms with Crippen LogP contribution in [0.3, 0.4) is 0 Å². The zero-order valence-corrected chi connectivity index (χ0v) is 21.1. The van der Waals surface area contributed by atoms with Crippen molar-refractivity contribution in [3.8, 4) is 5.75 Å². The predicted octanol–water partition coefficient (Wildman–Crippen LogP) is 2.80. The summed E-state index contributed by atoms with van der Waals surface area (Å²) in [6.07, 6.45) is 3.41. The Morgan fingerprint density at radius 2 is 1.71 bits per heavy atom. The molecular formula is C26H34N4O4S. The lowest BCUT2D eigenvalue weighted by Gasteiger charge is -2.35. The predicted molar refractivity (Wildman–Crippen MR) is 137 cm³/mol. The number of piperidine rings is 1. The first-order valence-corrected chi connectivity index (χ1v) is 13.9. The molecule has 0 bridgehead atoms. The van der Waals surface area contributed by atoms with Crippen LogP contribution in [0.5, 0.6) is 5.75 Å². The van der Waals surface area contributed by atoms with Gasteiger partial charge in [0.25, 0.3) is 0 Å². The number of sulfonamides is 1. The average Bonchev–Trinajstić information content (AvgIpc) is 2.89. The number of benzene rings is 2. The number of hydrogen-bond donors (Lipinski definition) is 1. The zero-order valence-electron chi connectivity index (χ0n) is 20.3. The summed E-state index contributed by atoms with van der Waals surface area (Å²) in [5.41, 5.74) is 2.43. The van der Waals surface area contributed by atoms with Gasteiger partial charge in [0.15, 0.2) is 0 Å². The maximum Gasteiger partial charge on any atom is 0.243 e. The number of nitrogens with zero attached hydrogens (tertiary/aromatic N) is 3. The summed E-state index contributed by atoms with van der Waals surface area (Å²) in [6.45, 7) is 4.85. The third kappa shape index (κ3) is 5.17. The Balaban J connectivity index is 1.42. The molecule has 3 aliphatic heterocycles. The van der Waals surface area contributed by atoms with Crippen molar-refractivity contribution in [1.82, 2.24) is 9.21 Å². The largest absolute Gasteiger partial charge is 0.492 e. The van der Waals surface area contributed by atoms with Gasteiger partial charge in [-0.1, -0.05) is 24.6 Å². The highest BCUT2D eigenvalue weighted by Gasteiger charge is 2.30. The summed E-state index contributed by atoms with van der Waals surface area (Å²) in [4.78, 5) is 18.1. The molecule has 9 heteroatoms. The third-order valence-electron chi connectivity index (χ3n) is 7.27. The molecule has 1 atom stereocenters. The Morgan fingerprint density at radius 3 is 2.49 bits per heavy atom. The van der Waals surface area contributed by atoms with Gasteiger partial charge in [-0.05, 0) is 56.1 Å². The maximum absolute atomic E-state index is 13.4. The zero-order chi connectivity index (χ0) is 24.4. The molecule has 0 radical (unpaired) electrons. The highest BCUT2D eigenvalue weighted by atomic mass is 32.2. The molecule has 1 amide bonds. The third-order valence-corrected chi connectivity index (χ3v) is 9.17. The molecule has 35 heavy (non-hydrogen) atoms. The van der Waals surface area contributed by atoms with Gasteiger partial charge in [0.2, 0.25) is 15.9 Å². The Labute approximate surface area is 207 Å². The van der Waals surface area contributed by atoms with Crippen LogP contribution in [0.1, 0.15) is 24.8 Å². The molecule has 2 aromatic carbocycles. The molecule has 0 unspecified atom stereocenters. The summed E-state index contributed by atoms with van der Waals surface area (Å²) in [7, 11) is -1.52. The summed E-state index contributed by atoms with van der Waals surface area (Å²) < 4.78 is 34.1. The van der Waals surface area contributed by atoms with Gasteiger partial charge in [0.1, 0.15) is 12.4 Å². The molecule has 0 aromatic heterocycles. The number of nitrogens with one attached hydrogen (secondary N) is 1. The van der Waals surface area contributed by atoms with Crippen molar-refractivity contribution in [2.24, 2.45) is 5.92 Å². The van der Waals surface area contributed by atoms with Crippen LogP contribution in [0.2, 0.25) is 0 Å². The molecule has 0 aliphatic carbocycles. The topological polar surface area (TPSA) is 82.2 Å². The molecule has 2 fully saturated rings. The fourth-order valence-electron chi connectivity index (χ4n) is 5.08. The fourth-order valence-corrected chi connectivity index (χ4v) is 6.63. The van der Waals surface area contributed by atoms with E-state index >= 15 is 0 Å². The smallest absolute Gasteiger partial charge is 0.243 e. The summed E-state index contributed by atoms with van der Waals surface area (Å²) >= 11 is 0. The molecule has 8 nitrogen and oxygen atoms in total. The van der Waals surface area contributed by atoms with Crippen LogP contribution in [-0.2, 0) is 21.2 Å².